The molecule has 3 heteroatoms. The van der Waals surface area contributed by atoms with Crippen LogP contribution < -0.4 is 0 Å². The Kier molecular flexibility index (Phi) is 4.81. The Hall–Kier alpha value is -1.97. The van der Waals surface area contributed by atoms with Crippen LogP contribution in [0.5, 0.6) is 0 Å². The molecule has 0 spiro atoms. The van der Waals surface area contributed by atoms with Crippen molar-refractivity contribution in [3.8, 4) is 0 Å². The van der Waals surface area contributed by atoms with E-state index >= 15 is 0 Å². The second-order valence-electron chi connectivity index (χ2n) is 7.10. The van der Waals surface area contributed by atoms with Crippen LogP contribution in [0, 0.1) is 5.92 Å². The van der Waals surface area contributed by atoms with Gasteiger partial charge in [0.15, 0.2) is 0 Å². The smallest absolute Gasteiger partial charge is 0.148 e. The number of nitrogens with zero attached hydrogens (tertiary/aromatic N) is 1. The molecule has 2 aromatic carbocycles. The van der Waals surface area contributed by atoms with Crippen molar-refractivity contribution in [2.24, 2.45) is 5.92 Å². The summed E-state index contributed by atoms with van der Waals surface area (Å²) >= 11 is 0. The van der Waals surface area contributed by atoms with E-state index in [1.54, 1.807) is 0 Å². The third-order valence-corrected chi connectivity index (χ3v) is 6.07. The molecular weight excluding hydrogens is 310 g/mol. The number of Topliss-reactive ketones (excluding diaryl/α,β-unsaturated/α-hetero) is 1. The second kappa shape index (κ2) is 6.74. The number of aliphatic hydroxyl groups is 1. The number of hydrogen-bond acceptors (Lipinski definition) is 3. The highest BCUT2D eigenvalue weighted by Crippen LogP contribution is 2.51. The van der Waals surface area contributed by atoms with Gasteiger partial charge in [0.2, 0.25) is 0 Å². The van der Waals surface area contributed by atoms with Crippen molar-refractivity contribution in [3.63, 3.8) is 0 Å². The second-order valence-corrected chi connectivity index (χ2v) is 7.10. The van der Waals surface area contributed by atoms with Gasteiger partial charge in [-0.05, 0) is 24.6 Å². The van der Waals surface area contributed by atoms with Crippen molar-refractivity contribution < 1.29 is 9.90 Å². The van der Waals surface area contributed by atoms with Crippen LogP contribution in [0.25, 0.3) is 0 Å². The number of likely N-dealkylation sites (tertiary alicyclic amines) is 1. The Morgan fingerprint density at radius 1 is 1.08 bits per heavy atom. The first kappa shape index (κ1) is 17.8. The first-order valence-electron chi connectivity index (χ1n) is 9.06. The van der Waals surface area contributed by atoms with Crippen molar-refractivity contribution >= 4 is 5.78 Å². The molecule has 25 heavy (non-hydrogen) atoms. The highest BCUT2D eigenvalue weighted by molar-refractivity contribution is 5.90. The maximum Gasteiger partial charge on any atom is 0.148 e. The van der Waals surface area contributed by atoms with Crippen molar-refractivity contribution in [2.75, 3.05) is 13.6 Å². The molecular formula is C22H27NO2. The monoisotopic (exact) mass is 337 g/mol. The zero-order valence-corrected chi connectivity index (χ0v) is 15.3. The number of rotatable bonds is 4. The van der Waals surface area contributed by atoms with Crippen molar-refractivity contribution in [1.29, 1.82) is 0 Å². The highest BCUT2D eigenvalue weighted by Gasteiger charge is 2.57. The van der Waals surface area contributed by atoms with E-state index in [2.05, 4.69) is 0 Å². The third-order valence-electron chi connectivity index (χ3n) is 6.07. The molecule has 1 heterocycles. The molecule has 3 rings (SSSR count). The Balaban J connectivity index is 2.19. The number of benzene rings is 2. The fourth-order valence-corrected chi connectivity index (χ4v) is 4.55. The van der Waals surface area contributed by atoms with Crippen LogP contribution in [0.1, 0.15) is 37.8 Å². The zero-order chi connectivity index (χ0) is 18.1. The Bertz CT molecular complexity index is 730. The van der Waals surface area contributed by atoms with Crippen LogP contribution in [0.2, 0.25) is 0 Å². The van der Waals surface area contributed by atoms with Crippen molar-refractivity contribution in [2.45, 2.75) is 37.8 Å². The van der Waals surface area contributed by atoms with Crippen LogP contribution >= 0.6 is 0 Å². The summed E-state index contributed by atoms with van der Waals surface area (Å²) in [6.45, 7) is 4.60. The van der Waals surface area contributed by atoms with Gasteiger partial charge >= 0.3 is 0 Å². The van der Waals surface area contributed by atoms with Crippen LogP contribution in [-0.4, -0.2) is 29.4 Å². The fourth-order valence-electron chi connectivity index (χ4n) is 4.55. The predicted molar refractivity (Wildman–Crippen MR) is 100 cm³/mol. The quantitative estimate of drug-likeness (QED) is 0.924. The number of piperidine rings is 1. The van der Waals surface area contributed by atoms with Crippen LogP contribution in [0.3, 0.4) is 0 Å². The molecule has 0 saturated carbocycles. The van der Waals surface area contributed by atoms with Gasteiger partial charge in [-0.1, -0.05) is 74.5 Å². The molecule has 1 saturated heterocycles. The number of hydrogen-bond donors (Lipinski definition) is 1. The Morgan fingerprint density at radius 2 is 1.60 bits per heavy atom. The van der Waals surface area contributed by atoms with E-state index in [1.165, 1.54) is 0 Å². The molecule has 3 atom stereocenters. The first-order chi connectivity index (χ1) is 12.0. The summed E-state index contributed by atoms with van der Waals surface area (Å²) in [6.07, 6.45) is 1.18. The maximum absolute atomic E-state index is 13.2. The Morgan fingerprint density at radius 3 is 2.12 bits per heavy atom. The van der Waals surface area contributed by atoms with Crippen LogP contribution in [-0.2, 0) is 15.9 Å². The lowest BCUT2D eigenvalue weighted by Gasteiger charge is -2.55. The van der Waals surface area contributed by atoms with E-state index in [4.69, 9.17) is 0 Å². The summed E-state index contributed by atoms with van der Waals surface area (Å²) in [7, 11) is 1.94. The summed E-state index contributed by atoms with van der Waals surface area (Å²) in [4.78, 5) is 15.2. The maximum atomic E-state index is 13.2. The third kappa shape index (κ3) is 2.62. The van der Waals surface area contributed by atoms with Crippen LogP contribution in [0.15, 0.2) is 60.7 Å². The normalized spacial score (nSPS) is 30.2. The lowest BCUT2D eigenvalue weighted by Crippen LogP contribution is -2.63. The summed E-state index contributed by atoms with van der Waals surface area (Å²) in [6, 6.07) is 19.7. The first-order valence-corrected chi connectivity index (χ1v) is 9.06. The average Bonchev–Trinajstić information content (AvgIpc) is 2.67. The molecule has 0 aromatic heterocycles. The largest absolute Gasteiger partial charge is 0.371 e. The van der Waals surface area contributed by atoms with Gasteiger partial charge < -0.3 is 5.11 Å². The average molecular weight is 337 g/mol. The molecule has 3 nitrogen and oxygen atoms in total. The van der Waals surface area contributed by atoms with E-state index in [0.717, 1.165) is 17.5 Å². The van der Waals surface area contributed by atoms with Gasteiger partial charge in [-0.3, -0.25) is 9.69 Å². The summed E-state index contributed by atoms with van der Waals surface area (Å²) in [5.74, 6) is -0.0651. The molecule has 2 aromatic rings. The van der Waals surface area contributed by atoms with E-state index in [1.807, 2.05) is 86.5 Å². The topological polar surface area (TPSA) is 40.5 Å². The minimum absolute atomic E-state index is 0.202. The van der Waals surface area contributed by atoms with Gasteiger partial charge in [-0.25, -0.2) is 0 Å². The lowest BCUT2D eigenvalue weighted by molar-refractivity contribution is -0.192. The SMILES string of the molecule is CCC(=O)C1(c2ccccc2)CCN(C)C(O)(c2ccccc2)C1C. The van der Waals surface area contributed by atoms with E-state index in [9.17, 15) is 9.90 Å². The number of carbonyl (C=O) groups excluding carboxylic acids is 1. The predicted octanol–water partition coefficient (Wildman–Crippen LogP) is 3.72. The minimum atomic E-state index is -1.18. The van der Waals surface area contributed by atoms with E-state index < -0.39 is 11.1 Å². The van der Waals surface area contributed by atoms with Gasteiger partial charge in [0.05, 0.1) is 5.41 Å². The molecule has 0 aliphatic carbocycles. The van der Waals surface area contributed by atoms with E-state index in [-0.39, 0.29) is 11.7 Å². The van der Waals surface area contributed by atoms with Crippen molar-refractivity contribution in [3.05, 3.63) is 71.8 Å². The summed E-state index contributed by atoms with van der Waals surface area (Å²) in [5.41, 5.74) is -0.00136. The summed E-state index contributed by atoms with van der Waals surface area (Å²) in [5, 5.41) is 11.8. The van der Waals surface area contributed by atoms with E-state index in [0.29, 0.717) is 13.0 Å². The molecule has 1 aliphatic heterocycles. The molecule has 0 radical (unpaired) electrons. The Labute approximate surface area is 150 Å². The lowest BCUT2D eigenvalue weighted by atomic mass is 9.58. The molecule has 132 valence electrons. The summed E-state index contributed by atoms with van der Waals surface area (Å²) < 4.78 is 0. The van der Waals surface area contributed by atoms with Crippen molar-refractivity contribution in [1.82, 2.24) is 4.90 Å². The minimum Gasteiger partial charge on any atom is -0.371 e. The van der Waals surface area contributed by atoms with Gasteiger partial charge in [-0.2, -0.15) is 0 Å². The molecule has 1 fully saturated rings. The number of ketones is 1. The van der Waals surface area contributed by atoms with Gasteiger partial charge in [0.1, 0.15) is 11.5 Å². The highest BCUT2D eigenvalue weighted by atomic mass is 16.3. The van der Waals surface area contributed by atoms with Crippen LogP contribution in [0.4, 0.5) is 0 Å². The molecule has 1 aliphatic rings. The van der Waals surface area contributed by atoms with Gasteiger partial charge in [-0.15, -0.1) is 0 Å². The molecule has 0 bridgehead atoms. The number of carbonyl (C=O) groups is 1. The molecule has 3 unspecified atom stereocenters. The molecule has 1 N–H and O–H groups in total. The van der Waals surface area contributed by atoms with Gasteiger partial charge in [0.25, 0.3) is 0 Å². The zero-order valence-electron chi connectivity index (χ0n) is 15.3. The standard InChI is InChI=1S/C22H27NO2/c1-4-20(24)21(18-11-7-5-8-12-18)15-16-23(3)22(25,17(21)2)19-13-9-6-10-14-19/h5-14,17,25H,4,15-16H2,1-3H3. The van der Waals surface area contributed by atoms with Gasteiger partial charge in [0, 0.05) is 18.9 Å². The molecule has 0 amide bonds. The fraction of sp³-hybridized carbons (Fsp3) is 0.409.